The number of nitrogens with one attached hydrogen (secondary N) is 1. The Morgan fingerprint density at radius 3 is 2.59 bits per heavy atom. The van der Waals surface area contributed by atoms with Gasteiger partial charge in [-0.3, -0.25) is 4.98 Å². The largest absolute Gasteiger partial charge is 0.493 e. The number of nitrogens with zero attached hydrogens (tertiary/aromatic N) is 2. The van der Waals surface area contributed by atoms with Gasteiger partial charge in [0.1, 0.15) is 5.60 Å². The Morgan fingerprint density at radius 2 is 1.96 bits per heavy atom. The van der Waals surface area contributed by atoms with E-state index >= 15 is 0 Å². The van der Waals surface area contributed by atoms with Crippen LogP contribution < -0.4 is 14.9 Å². The van der Waals surface area contributed by atoms with Crippen LogP contribution in [0, 0.1) is 0 Å². The predicted molar refractivity (Wildman–Crippen MR) is 99.2 cm³/mol. The van der Waals surface area contributed by atoms with Gasteiger partial charge in [-0.15, -0.1) is 0 Å². The number of rotatable bonds is 5. The van der Waals surface area contributed by atoms with Crippen LogP contribution in [0.25, 0.3) is 0 Å². The number of esters is 1. The van der Waals surface area contributed by atoms with Crippen LogP contribution in [0.2, 0.25) is 0 Å². The first kappa shape index (κ1) is 19.9. The second-order valence-electron chi connectivity index (χ2n) is 6.41. The summed E-state index contributed by atoms with van der Waals surface area (Å²) < 4.78 is 15.7. The van der Waals surface area contributed by atoms with E-state index in [9.17, 15) is 9.59 Å². The molecule has 0 radical (unpaired) electrons. The maximum atomic E-state index is 12.1. The number of ether oxygens (including phenoxy) is 3. The van der Waals surface area contributed by atoms with E-state index in [4.69, 9.17) is 14.2 Å². The Hall–Kier alpha value is -3.42. The van der Waals surface area contributed by atoms with E-state index in [0.717, 1.165) is 0 Å². The third kappa shape index (κ3) is 6.43. The quantitative estimate of drug-likeness (QED) is 0.375. The highest BCUT2D eigenvalue weighted by atomic mass is 16.6. The van der Waals surface area contributed by atoms with Crippen molar-refractivity contribution in [2.24, 2.45) is 5.10 Å². The summed E-state index contributed by atoms with van der Waals surface area (Å²) in [5.74, 6) is 0.0477. The average molecular weight is 371 g/mol. The number of carbonyl (C=O) groups excluding carboxylic acids is 2. The van der Waals surface area contributed by atoms with Crippen LogP contribution in [-0.4, -0.2) is 36.0 Å². The fourth-order valence-electron chi connectivity index (χ4n) is 1.95. The molecule has 1 aromatic carbocycles. The number of aromatic nitrogens is 1. The first-order valence-corrected chi connectivity index (χ1v) is 8.11. The third-order valence-corrected chi connectivity index (χ3v) is 3.06. The van der Waals surface area contributed by atoms with Crippen LogP contribution in [0.3, 0.4) is 0 Å². The lowest BCUT2D eigenvalue weighted by Gasteiger charge is -2.18. The Balaban J connectivity index is 2.04. The highest BCUT2D eigenvalue weighted by molar-refractivity contribution is 5.91. The molecule has 8 nitrogen and oxygen atoms in total. The molecule has 0 aliphatic carbocycles. The van der Waals surface area contributed by atoms with E-state index in [1.807, 2.05) is 0 Å². The van der Waals surface area contributed by atoms with Gasteiger partial charge in [0, 0.05) is 12.4 Å². The lowest BCUT2D eigenvalue weighted by Crippen LogP contribution is -2.29. The SMILES string of the molecule is COc1cc(C=NNC(=O)OC(C)(C)C)ccc1OC(=O)c1cccnc1. The lowest BCUT2D eigenvalue weighted by atomic mass is 10.2. The molecule has 0 atom stereocenters. The highest BCUT2D eigenvalue weighted by Gasteiger charge is 2.15. The molecule has 0 aliphatic rings. The van der Waals surface area contributed by atoms with Gasteiger partial charge in [0.05, 0.1) is 18.9 Å². The molecule has 0 bridgehead atoms. The van der Waals surface area contributed by atoms with Gasteiger partial charge >= 0.3 is 12.1 Å². The zero-order valence-electron chi connectivity index (χ0n) is 15.6. The average Bonchev–Trinajstić information content (AvgIpc) is 2.62. The topological polar surface area (TPSA) is 99.1 Å². The molecule has 1 N–H and O–H groups in total. The van der Waals surface area contributed by atoms with E-state index in [2.05, 4.69) is 15.5 Å². The number of methoxy groups -OCH3 is 1. The van der Waals surface area contributed by atoms with Crippen molar-refractivity contribution in [3.05, 3.63) is 53.9 Å². The van der Waals surface area contributed by atoms with Crippen molar-refractivity contribution in [2.45, 2.75) is 26.4 Å². The fraction of sp³-hybridized carbons (Fsp3) is 0.263. The van der Waals surface area contributed by atoms with Crippen LogP contribution >= 0.6 is 0 Å². The maximum absolute atomic E-state index is 12.1. The molecule has 142 valence electrons. The summed E-state index contributed by atoms with van der Waals surface area (Å²) in [6.45, 7) is 5.27. The summed E-state index contributed by atoms with van der Waals surface area (Å²) in [5.41, 5.74) is 2.61. The van der Waals surface area contributed by atoms with Gasteiger partial charge in [-0.1, -0.05) is 0 Å². The molecule has 0 unspecified atom stereocenters. The molecule has 0 saturated carbocycles. The molecule has 0 fully saturated rings. The molecule has 27 heavy (non-hydrogen) atoms. The zero-order valence-corrected chi connectivity index (χ0v) is 15.6. The van der Waals surface area contributed by atoms with E-state index < -0.39 is 17.7 Å². The minimum Gasteiger partial charge on any atom is -0.493 e. The van der Waals surface area contributed by atoms with Crippen molar-refractivity contribution in [1.29, 1.82) is 0 Å². The summed E-state index contributed by atoms with van der Waals surface area (Å²) >= 11 is 0. The molecule has 8 heteroatoms. The standard InChI is InChI=1S/C19H21N3O5/c1-19(2,3)27-18(24)22-21-11-13-7-8-15(16(10-13)25-4)26-17(23)14-6-5-9-20-12-14/h5-12H,1-4H3,(H,22,24). The second-order valence-corrected chi connectivity index (χ2v) is 6.41. The Kier molecular flexibility index (Phi) is 6.48. The number of carbonyl (C=O) groups is 2. The molecule has 1 aromatic heterocycles. The molecular formula is C19H21N3O5. The Labute approximate surface area is 157 Å². The van der Waals surface area contributed by atoms with Crippen molar-refractivity contribution in [3.8, 4) is 11.5 Å². The summed E-state index contributed by atoms with van der Waals surface area (Å²) in [6, 6.07) is 8.10. The van der Waals surface area contributed by atoms with Crippen LogP contribution in [-0.2, 0) is 4.74 Å². The first-order valence-electron chi connectivity index (χ1n) is 8.11. The summed E-state index contributed by atoms with van der Waals surface area (Å²) in [7, 11) is 1.45. The molecule has 2 aromatic rings. The number of amides is 1. The normalized spacial score (nSPS) is 11.1. The molecule has 0 aliphatic heterocycles. The van der Waals surface area contributed by atoms with Crippen molar-refractivity contribution in [3.63, 3.8) is 0 Å². The van der Waals surface area contributed by atoms with Crippen LogP contribution in [0.4, 0.5) is 4.79 Å². The predicted octanol–water partition coefficient (Wildman–Crippen LogP) is 3.17. The van der Waals surface area contributed by atoms with Gasteiger partial charge in [0.25, 0.3) is 0 Å². The smallest absolute Gasteiger partial charge is 0.428 e. The molecule has 1 heterocycles. The maximum Gasteiger partial charge on any atom is 0.428 e. The van der Waals surface area contributed by atoms with Crippen molar-refractivity contribution in [1.82, 2.24) is 10.4 Å². The number of benzene rings is 1. The Morgan fingerprint density at radius 1 is 1.19 bits per heavy atom. The number of hydrogen-bond acceptors (Lipinski definition) is 7. The van der Waals surface area contributed by atoms with Gasteiger partial charge in [0.15, 0.2) is 11.5 Å². The van der Waals surface area contributed by atoms with E-state index in [0.29, 0.717) is 16.9 Å². The Bertz CT molecular complexity index is 829. The number of hydrogen-bond donors (Lipinski definition) is 1. The molecule has 1 amide bonds. The first-order chi connectivity index (χ1) is 12.8. The molecule has 2 rings (SSSR count). The fourth-order valence-corrected chi connectivity index (χ4v) is 1.95. The summed E-state index contributed by atoms with van der Waals surface area (Å²) in [5, 5.41) is 3.82. The van der Waals surface area contributed by atoms with Gasteiger partial charge in [-0.25, -0.2) is 15.0 Å². The molecule has 0 spiro atoms. The number of hydrazone groups is 1. The lowest BCUT2D eigenvalue weighted by molar-refractivity contribution is 0.0529. The van der Waals surface area contributed by atoms with Crippen LogP contribution in [0.1, 0.15) is 36.7 Å². The molecular weight excluding hydrogens is 350 g/mol. The second kappa shape index (κ2) is 8.79. The third-order valence-electron chi connectivity index (χ3n) is 3.06. The van der Waals surface area contributed by atoms with Gasteiger partial charge in [0.2, 0.25) is 0 Å². The van der Waals surface area contributed by atoms with Gasteiger partial charge in [-0.05, 0) is 56.7 Å². The van der Waals surface area contributed by atoms with E-state index in [-0.39, 0.29) is 5.75 Å². The van der Waals surface area contributed by atoms with Crippen molar-refractivity contribution >= 4 is 18.3 Å². The summed E-state index contributed by atoms with van der Waals surface area (Å²) in [4.78, 5) is 27.6. The van der Waals surface area contributed by atoms with Gasteiger partial charge < -0.3 is 14.2 Å². The van der Waals surface area contributed by atoms with Crippen LogP contribution in [0.5, 0.6) is 11.5 Å². The molecule has 0 saturated heterocycles. The minimum absolute atomic E-state index is 0.253. The van der Waals surface area contributed by atoms with Crippen molar-refractivity contribution < 1.29 is 23.8 Å². The van der Waals surface area contributed by atoms with Crippen molar-refractivity contribution in [2.75, 3.05) is 7.11 Å². The van der Waals surface area contributed by atoms with Crippen LogP contribution in [0.15, 0.2) is 47.8 Å². The zero-order chi connectivity index (χ0) is 19.9. The summed E-state index contributed by atoms with van der Waals surface area (Å²) in [6.07, 6.45) is 3.74. The minimum atomic E-state index is -0.660. The number of pyridine rings is 1. The van der Waals surface area contributed by atoms with E-state index in [1.165, 1.54) is 19.5 Å². The van der Waals surface area contributed by atoms with E-state index in [1.54, 1.807) is 57.3 Å². The highest BCUT2D eigenvalue weighted by Crippen LogP contribution is 2.28. The monoisotopic (exact) mass is 371 g/mol. The van der Waals surface area contributed by atoms with Gasteiger partial charge in [-0.2, -0.15) is 5.10 Å².